The number of carboxylic acids is 1. The molecular weight excluding hydrogens is 444 g/mol. The Morgan fingerprint density at radius 1 is 0.853 bits per heavy atom. The number of amides is 4. The van der Waals surface area contributed by atoms with E-state index in [4.69, 9.17) is 17.2 Å². The second-order valence-corrected chi connectivity index (χ2v) is 9.02. The van der Waals surface area contributed by atoms with Gasteiger partial charge >= 0.3 is 5.97 Å². The van der Waals surface area contributed by atoms with Crippen molar-refractivity contribution in [2.24, 2.45) is 29.0 Å². The molecular formula is C22H42N6O6. The van der Waals surface area contributed by atoms with Gasteiger partial charge in [-0.2, -0.15) is 0 Å². The Hall–Kier alpha value is -2.73. The van der Waals surface area contributed by atoms with Crippen LogP contribution in [0.2, 0.25) is 0 Å². The Morgan fingerprint density at radius 2 is 1.38 bits per heavy atom. The van der Waals surface area contributed by atoms with Gasteiger partial charge in [0, 0.05) is 0 Å². The van der Waals surface area contributed by atoms with E-state index in [-0.39, 0.29) is 24.7 Å². The number of aliphatic carboxylic acids is 1. The second-order valence-electron chi connectivity index (χ2n) is 9.02. The molecule has 0 saturated heterocycles. The first-order valence-electron chi connectivity index (χ1n) is 11.7. The van der Waals surface area contributed by atoms with Crippen molar-refractivity contribution in [3.8, 4) is 0 Å². The van der Waals surface area contributed by atoms with Crippen LogP contribution >= 0.6 is 0 Å². The van der Waals surface area contributed by atoms with Gasteiger partial charge in [0.1, 0.15) is 18.1 Å². The Balaban J connectivity index is 5.56. The second kappa shape index (κ2) is 16.0. The number of nitrogens with one attached hydrogen (secondary N) is 3. The van der Waals surface area contributed by atoms with Crippen molar-refractivity contribution in [2.45, 2.75) is 90.4 Å². The van der Waals surface area contributed by atoms with Crippen LogP contribution in [0.3, 0.4) is 0 Å². The molecule has 0 radical (unpaired) electrons. The number of primary amides is 1. The highest BCUT2D eigenvalue weighted by atomic mass is 16.4. The maximum atomic E-state index is 13.1. The predicted molar refractivity (Wildman–Crippen MR) is 127 cm³/mol. The van der Waals surface area contributed by atoms with E-state index in [1.807, 2.05) is 27.7 Å². The standard InChI is InChI=1S/C22H42N6O6/c1-5-13(4)18(25)21(32)26-14(8-6-7-9-23)19(30)27-15(10-12(2)3)20(31)28-16(22(33)34)11-17(24)29/h12-16,18H,5-11,23,25H2,1-4H3,(H2,24,29)(H,26,32)(H,27,30)(H,28,31)(H,33,34). The third kappa shape index (κ3) is 11.9. The minimum absolute atomic E-state index is 0.0282. The topological polar surface area (TPSA) is 220 Å². The van der Waals surface area contributed by atoms with Gasteiger partial charge in [0.05, 0.1) is 12.5 Å². The van der Waals surface area contributed by atoms with E-state index in [0.717, 1.165) is 0 Å². The van der Waals surface area contributed by atoms with Gasteiger partial charge in [-0.15, -0.1) is 0 Å². The van der Waals surface area contributed by atoms with Crippen molar-refractivity contribution in [1.29, 1.82) is 0 Å². The number of carboxylic acid groups (broad SMARTS) is 1. The zero-order valence-electron chi connectivity index (χ0n) is 20.6. The molecule has 0 rings (SSSR count). The van der Waals surface area contributed by atoms with E-state index in [1.54, 1.807) is 0 Å². The van der Waals surface area contributed by atoms with Crippen molar-refractivity contribution in [2.75, 3.05) is 6.54 Å². The molecule has 0 aromatic heterocycles. The highest BCUT2D eigenvalue weighted by molar-refractivity contribution is 5.94. The van der Waals surface area contributed by atoms with E-state index in [0.29, 0.717) is 25.8 Å². The molecule has 0 saturated carbocycles. The number of carbonyl (C=O) groups is 5. The first-order chi connectivity index (χ1) is 15.8. The largest absolute Gasteiger partial charge is 0.480 e. The minimum atomic E-state index is -1.52. The van der Waals surface area contributed by atoms with Gasteiger partial charge in [-0.1, -0.05) is 34.1 Å². The summed E-state index contributed by atoms with van der Waals surface area (Å²) in [6.07, 6.45) is 1.79. The Bertz CT molecular complexity index is 701. The molecule has 10 N–H and O–H groups in total. The monoisotopic (exact) mass is 486 g/mol. The van der Waals surface area contributed by atoms with Crippen LogP contribution in [0.25, 0.3) is 0 Å². The number of unbranched alkanes of at least 4 members (excludes halogenated alkanes) is 1. The molecule has 0 bridgehead atoms. The number of rotatable bonds is 17. The van der Waals surface area contributed by atoms with E-state index < -0.39 is 60.2 Å². The maximum Gasteiger partial charge on any atom is 0.326 e. The Labute approximate surface area is 201 Å². The molecule has 4 amide bonds. The van der Waals surface area contributed by atoms with Gasteiger partial charge in [-0.3, -0.25) is 19.2 Å². The summed E-state index contributed by atoms with van der Waals surface area (Å²) < 4.78 is 0. The van der Waals surface area contributed by atoms with Crippen molar-refractivity contribution >= 4 is 29.6 Å². The molecule has 196 valence electrons. The van der Waals surface area contributed by atoms with Crippen LogP contribution in [0.15, 0.2) is 0 Å². The van der Waals surface area contributed by atoms with Crippen LogP contribution in [0.5, 0.6) is 0 Å². The number of hydrogen-bond donors (Lipinski definition) is 7. The van der Waals surface area contributed by atoms with Gasteiger partial charge in [0.2, 0.25) is 23.6 Å². The summed E-state index contributed by atoms with van der Waals surface area (Å²) in [6.45, 7) is 7.82. The molecule has 5 unspecified atom stereocenters. The lowest BCUT2D eigenvalue weighted by Crippen LogP contribution is -2.58. The lowest BCUT2D eigenvalue weighted by molar-refractivity contribution is -0.144. The fourth-order valence-corrected chi connectivity index (χ4v) is 3.19. The lowest BCUT2D eigenvalue weighted by atomic mass is 9.98. The SMILES string of the molecule is CCC(C)C(N)C(=O)NC(CCCCN)C(=O)NC(CC(C)C)C(=O)NC(CC(N)=O)C(=O)O. The summed E-state index contributed by atoms with van der Waals surface area (Å²) >= 11 is 0. The molecule has 0 aromatic carbocycles. The van der Waals surface area contributed by atoms with Crippen LogP contribution in [0.4, 0.5) is 0 Å². The predicted octanol–water partition coefficient (Wildman–Crippen LogP) is -1.05. The molecule has 0 spiro atoms. The maximum absolute atomic E-state index is 13.1. The fraction of sp³-hybridized carbons (Fsp3) is 0.773. The normalized spacial score (nSPS) is 15.5. The molecule has 0 aliphatic carbocycles. The highest BCUT2D eigenvalue weighted by Crippen LogP contribution is 2.10. The van der Waals surface area contributed by atoms with E-state index in [9.17, 15) is 29.1 Å². The summed E-state index contributed by atoms with van der Waals surface area (Å²) in [5.41, 5.74) is 16.6. The number of carbonyl (C=O) groups excluding carboxylic acids is 4. The third-order valence-electron chi connectivity index (χ3n) is 5.50. The van der Waals surface area contributed by atoms with Crippen molar-refractivity contribution < 1.29 is 29.1 Å². The van der Waals surface area contributed by atoms with Gasteiger partial charge in [0.25, 0.3) is 0 Å². The van der Waals surface area contributed by atoms with Gasteiger partial charge in [-0.05, 0) is 44.1 Å². The van der Waals surface area contributed by atoms with E-state index >= 15 is 0 Å². The molecule has 5 atom stereocenters. The molecule has 0 aliphatic heterocycles. The summed E-state index contributed by atoms with van der Waals surface area (Å²) in [5, 5.41) is 16.8. The first kappa shape index (κ1) is 31.3. The molecule has 12 heteroatoms. The van der Waals surface area contributed by atoms with Gasteiger partial charge < -0.3 is 38.3 Å². The lowest BCUT2D eigenvalue weighted by Gasteiger charge is -2.26. The minimum Gasteiger partial charge on any atom is -0.480 e. The van der Waals surface area contributed by atoms with E-state index in [2.05, 4.69) is 16.0 Å². The van der Waals surface area contributed by atoms with Crippen molar-refractivity contribution in [3.05, 3.63) is 0 Å². The summed E-state index contributed by atoms with van der Waals surface area (Å²) in [5.74, 6) is -4.27. The zero-order chi connectivity index (χ0) is 26.4. The molecule has 0 fully saturated rings. The van der Waals surface area contributed by atoms with Crippen molar-refractivity contribution in [1.82, 2.24) is 16.0 Å². The number of nitrogens with two attached hydrogens (primary N) is 3. The zero-order valence-corrected chi connectivity index (χ0v) is 20.6. The summed E-state index contributed by atoms with van der Waals surface area (Å²) in [4.78, 5) is 60.9. The molecule has 0 aliphatic rings. The van der Waals surface area contributed by atoms with Gasteiger partial charge in [-0.25, -0.2) is 4.79 Å². The third-order valence-corrected chi connectivity index (χ3v) is 5.50. The number of hydrogen-bond acceptors (Lipinski definition) is 7. The van der Waals surface area contributed by atoms with Crippen LogP contribution in [0.1, 0.15) is 66.2 Å². The molecule has 0 aromatic rings. The summed E-state index contributed by atoms with van der Waals surface area (Å²) in [7, 11) is 0. The van der Waals surface area contributed by atoms with Crippen LogP contribution in [0, 0.1) is 11.8 Å². The molecule has 34 heavy (non-hydrogen) atoms. The average molecular weight is 487 g/mol. The van der Waals surface area contributed by atoms with Crippen LogP contribution < -0.4 is 33.2 Å². The van der Waals surface area contributed by atoms with Gasteiger partial charge in [0.15, 0.2) is 0 Å². The first-order valence-corrected chi connectivity index (χ1v) is 11.7. The summed E-state index contributed by atoms with van der Waals surface area (Å²) in [6, 6.07) is -4.35. The van der Waals surface area contributed by atoms with Crippen molar-refractivity contribution in [3.63, 3.8) is 0 Å². The average Bonchev–Trinajstić information content (AvgIpc) is 2.75. The van der Waals surface area contributed by atoms with E-state index in [1.165, 1.54) is 0 Å². The smallest absolute Gasteiger partial charge is 0.326 e. The van der Waals surface area contributed by atoms with Crippen LogP contribution in [-0.2, 0) is 24.0 Å². The quantitative estimate of drug-likeness (QED) is 0.125. The molecule has 0 heterocycles. The molecule has 12 nitrogen and oxygen atoms in total. The Morgan fingerprint density at radius 3 is 1.85 bits per heavy atom. The van der Waals surface area contributed by atoms with Crippen LogP contribution in [-0.4, -0.2) is 65.4 Å². The fourth-order valence-electron chi connectivity index (χ4n) is 3.19. The highest BCUT2D eigenvalue weighted by Gasteiger charge is 2.31. The Kier molecular flexibility index (Phi) is 14.7.